The number of carbonyl (C=O) groups is 3. The van der Waals surface area contributed by atoms with Crippen LogP contribution in [0, 0.1) is 0 Å². The van der Waals surface area contributed by atoms with E-state index >= 15 is 0 Å². The van der Waals surface area contributed by atoms with Gasteiger partial charge in [-0.15, -0.1) is 0 Å². The molecule has 9 heteroatoms. The van der Waals surface area contributed by atoms with Crippen molar-refractivity contribution < 1.29 is 24.6 Å². The van der Waals surface area contributed by atoms with E-state index in [1.54, 1.807) is 81.6 Å². The van der Waals surface area contributed by atoms with Gasteiger partial charge >= 0.3 is 0 Å². The van der Waals surface area contributed by atoms with Crippen molar-refractivity contribution in [1.82, 2.24) is 20.0 Å². The number of phenols is 2. The summed E-state index contributed by atoms with van der Waals surface area (Å²) in [6.07, 6.45) is 0.881. The molecule has 0 saturated heterocycles. The first-order valence-corrected chi connectivity index (χ1v) is 13.5. The van der Waals surface area contributed by atoms with Gasteiger partial charge in [-0.2, -0.15) is 0 Å². The number of hydrogen-bond acceptors (Lipinski definition) is 6. The Morgan fingerprint density at radius 2 is 1.00 bits per heavy atom. The molecule has 3 atom stereocenters. The number of rotatable bonds is 12. The smallest absolute Gasteiger partial charge is 0.246 e. The predicted octanol–water partition coefficient (Wildman–Crippen LogP) is 2.46. The molecular formula is C32H40N4O5. The number of aromatic hydroxyl groups is 2. The highest BCUT2D eigenvalue weighted by atomic mass is 16.3. The van der Waals surface area contributed by atoms with Crippen molar-refractivity contribution in [3.8, 4) is 11.5 Å². The molecule has 3 rings (SSSR count). The minimum atomic E-state index is -0.915. The van der Waals surface area contributed by atoms with Crippen LogP contribution in [-0.2, 0) is 33.6 Å². The Morgan fingerprint density at radius 1 is 0.610 bits per heavy atom. The fourth-order valence-electron chi connectivity index (χ4n) is 4.78. The van der Waals surface area contributed by atoms with E-state index in [9.17, 15) is 24.6 Å². The highest BCUT2D eigenvalue weighted by Gasteiger charge is 2.37. The maximum absolute atomic E-state index is 14.2. The third-order valence-electron chi connectivity index (χ3n) is 7.38. The molecule has 0 radical (unpaired) electrons. The zero-order chi connectivity index (χ0) is 30.1. The van der Waals surface area contributed by atoms with Gasteiger partial charge in [0, 0.05) is 34.0 Å². The molecule has 3 aromatic carbocycles. The summed E-state index contributed by atoms with van der Waals surface area (Å²) >= 11 is 0. The summed E-state index contributed by atoms with van der Waals surface area (Å²) in [4.78, 5) is 45.8. The number of nitrogens with one attached hydrogen (secondary N) is 1. The average Bonchev–Trinajstić information content (AvgIpc) is 2.97. The van der Waals surface area contributed by atoms with Crippen molar-refractivity contribution in [2.45, 2.75) is 37.4 Å². The second kappa shape index (κ2) is 14.3. The van der Waals surface area contributed by atoms with Gasteiger partial charge in [-0.3, -0.25) is 19.3 Å². The zero-order valence-corrected chi connectivity index (χ0v) is 24.3. The molecule has 3 N–H and O–H groups in total. The first-order valence-electron chi connectivity index (χ1n) is 13.5. The van der Waals surface area contributed by atoms with E-state index in [2.05, 4.69) is 5.32 Å². The number of amides is 3. The molecule has 3 amide bonds. The fourth-order valence-corrected chi connectivity index (χ4v) is 4.78. The second-order valence-corrected chi connectivity index (χ2v) is 10.5. The number of benzene rings is 3. The van der Waals surface area contributed by atoms with Crippen LogP contribution in [0.2, 0.25) is 0 Å². The largest absolute Gasteiger partial charge is 0.508 e. The Balaban J connectivity index is 1.94. The molecule has 9 nitrogen and oxygen atoms in total. The van der Waals surface area contributed by atoms with Gasteiger partial charge in [0.2, 0.25) is 17.7 Å². The molecule has 0 aliphatic carbocycles. The summed E-state index contributed by atoms with van der Waals surface area (Å²) in [5, 5.41) is 22.1. The summed E-state index contributed by atoms with van der Waals surface area (Å²) in [6.45, 7) is 0. The van der Waals surface area contributed by atoms with Crippen LogP contribution in [0.3, 0.4) is 0 Å². The Labute approximate surface area is 242 Å². The molecule has 0 fully saturated rings. The molecule has 0 aliphatic rings. The van der Waals surface area contributed by atoms with Crippen molar-refractivity contribution in [2.75, 3.05) is 35.2 Å². The van der Waals surface area contributed by atoms with Crippen molar-refractivity contribution in [1.29, 1.82) is 0 Å². The maximum atomic E-state index is 14.2. The molecule has 41 heavy (non-hydrogen) atoms. The third-order valence-corrected chi connectivity index (χ3v) is 7.38. The van der Waals surface area contributed by atoms with Gasteiger partial charge in [0.15, 0.2) is 0 Å². The van der Waals surface area contributed by atoms with Crippen molar-refractivity contribution in [2.24, 2.45) is 0 Å². The molecule has 0 saturated carbocycles. The van der Waals surface area contributed by atoms with Gasteiger partial charge in [0.1, 0.15) is 23.6 Å². The molecule has 0 spiro atoms. The van der Waals surface area contributed by atoms with Crippen LogP contribution in [-0.4, -0.2) is 96.0 Å². The van der Waals surface area contributed by atoms with E-state index in [0.29, 0.717) is 12.8 Å². The minimum Gasteiger partial charge on any atom is -0.508 e. The van der Waals surface area contributed by atoms with Gasteiger partial charge in [-0.05, 0) is 61.5 Å². The standard InChI is InChI=1S/C32H40N4O5/c1-33-30(39)27(19-22-9-7-6-8-10-22)35(4)32(41)29(21-24-13-17-26(38)18-14-24)36(5)31(40)28(34(2)3)20-23-11-15-25(37)16-12-23/h6-18,27-29,37-38H,19-21H2,1-5H3,(H,33,39). The van der Waals surface area contributed by atoms with Gasteiger partial charge in [0.25, 0.3) is 0 Å². The summed E-state index contributed by atoms with van der Waals surface area (Å²) in [5.74, 6) is -0.695. The number of phenolic OH excluding ortho intramolecular Hbond substituents is 2. The first kappa shape index (κ1) is 31.2. The van der Waals surface area contributed by atoms with Crippen LogP contribution in [0.1, 0.15) is 16.7 Å². The highest BCUT2D eigenvalue weighted by molar-refractivity contribution is 5.93. The Bertz CT molecular complexity index is 1300. The van der Waals surface area contributed by atoms with E-state index in [4.69, 9.17) is 0 Å². The van der Waals surface area contributed by atoms with Gasteiger partial charge in [-0.1, -0.05) is 54.6 Å². The van der Waals surface area contributed by atoms with E-state index < -0.39 is 18.1 Å². The minimum absolute atomic E-state index is 0.0993. The molecule has 0 aromatic heterocycles. The number of hydrogen-bond donors (Lipinski definition) is 3. The molecule has 3 unspecified atom stereocenters. The number of likely N-dealkylation sites (N-methyl/N-ethyl adjacent to an activating group) is 4. The fraction of sp³-hybridized carbons (Fsp3) is 0.344. The van der Waals surface area contributed by atoms with Crippen LogP contribution in [0.4, 0.5) is 0 Å². The predicted molar refractivity (Wildman–Crippen MR) is 158 cm³/mol. The van der Waals surface area contributed by atoms with Crippen molar-refractivity contribution >= 4 is 17.7 Å². The monoisotopic (exact) mass is 560 g/mol. The quantitative estimate of drug-likeness (QED) is 0.314. The topological polar surface area (TPSA) is 113 Å². The lowest BCUT2D eigenvalue weighted by atomic mass is 9.98. The number of nitrogens with zero attached hydrogens (tertiary/aromatic N) is 3. The van der Waals surface area contributed by atoms with Crippen LogP contribution < -0.4 is 5.32 Å². The molecule has 0 aliphatic heterocycles. The zero-order valence-electron chi connectivity index (χ0n) is 24.3. The van der Waals surface area contributed by atoms with Gasteiger partial charge in [-0.25, -0.2) is 0 Å². The van der Waals surface area contributed by atoms with Crippen LogP contribution in [0.15, 0.2) is 78.9 Å². The maximum Gasteiger partial charge on any atom is 0.246 e. The van der Waals surface area contributed by atoms with Crippen molar-refractivity contribution in [3.05, 3.63) is 95.6 Å². The van der Waals surface area contributed by atoms with Crippen LogP contribution in [0.5, 0.6) is 11.5 Å². The Kier molecular flexibility index (Phi) is 10.9. The highest BCUT2D eigenvalue weighted by Crippen LogP contribution is 2.20. The van der Waals surface area contributed by atoms with E-state index in [0.717, 1.165) is 16.7 Å². The summed E-state index contributed by atoms with van der Waals surface area (Å²) in [7, 11) is 8.35. The molecular weight excluding hydrogens is 520 g/mol. The normalized spacial score (nSPS) is 13.2. The summed E-state index contributed by atoms with van der Waals surface area (Å²) < 4.78 is 0. The lowest BCUT2D eigenvalue weighted by Gasteiger charge is -2.37. The van der Waals surface area contributed by atoms with Crippen molar-refractivity contribution in [3.63, 3.8) is 0 Å². The molecule has 0 bridgehead atoms. The first-order chi connectivity index (χ1) is 19.5. The van der Waals surface area contributed by atoms with Gasteiger partial charge < -0.3 is 25.3 Å². The van der Waals surface area contributed by atoms with Crippen LogP contribution >= 0.6 is 0 Å². The van der Waals surface area contributed by atoms with Gasteiger partial charge in [0.05, 0.1) is 6.04 Å². The summed E-state index contributed by atoms with van der Waals surface area (Å²) in [5.41, 5.74) is 2.53. The molecule has 3 aromatic rings. The third kappa shape index (κ3) is 8.31. The lowest BCUT2D eigenvalue weighted by Crippen LogP contribution is -2.58. The SMILES string of the molecule is CNC(=O)C(Cc1ccccc1)N(C)C(=O)C(Cc1ccc(O)cc1)N(C)C(=O)C(Cc1ccc(O)cc1)N(C)C. The molecule has 218 valence electrons. The summed E-state index contributed by atoms with van der Waals surface area (Å²) in [6, 6.07) is 20.4. The molecule has 0 heterocycles. The van der Waals surface area contributed by atoms with E-state index in [1.807, 2.05) is 30.3 Å². The Morgan fingerprint density at radius 3 is 1.46 bits per heavy atom. The number of carbonyl (C=O) groups excluding carboxylic acids is 3. The average molecular weight is 561 g/mol. The second-order valence-electron chi connectivity index (χ2n) is 10.5. The van der Waals surface area contributed by atoms with Crippen LogP contribution in [0.25, 0.3) is 0 Å². The van der Waals surface area contributed by atoms with E-state index in [1.165, 1.54) is 16.8 Å². The van der Waals surface area contributed by atoms with E-state index in [-0.39, 0.29) is 35.6 Å². The lowest BCUT2D eigenvalue weighted by molar-refractivity contribution is -0.149. The Hall–Kier alpha value is -4.37.